The highest BCUT2D eigenvalue weighted by molar-refractivity contribution is 7.91. The molecule has 1 fully saturated rings. The van der Waals surface area contributed by atoms with Crippen molar-refractivity contribution in [2.24, 2.45) is 0 Å². The monoisotopic (exact) mass is 430 g/mol. The zero-order valence-electron chi connectivity index (χ0n) is 16.1. The Bertz CT molecular complexity index is 1200. The van der Waals surface area contributed by atoms with Gasteiger partial charge < -0.3 is 9.42 Å². The summed E-state index contributed by atoms with van der Waals surface area (Å²) in [5.74, 6) is -0.0924. The molecule has 1 aliphatic rings. The Hall–Kier alpha value is -3.27. The summed E-state index contributed by atoms with van der Waals surface area (Å²) in [5.41, 5.74) is 2.82. The van der Waals surface area contributed by atoms with Gasteiger partial charge in [-0.3, -0.25) is 9.89 Å². The highest BCUT2D eigenvalue weighted by atomic mass is 32.2. The molecule has 1 N–H and O–H groups in total. The number of aryl methyl sites for hydroxylation is 1. The summed E-state index contributed by atoms with van der Waals surface area (Å²) < 4.78 is 41.5. The molecule has 0 unspecified atom stereocenters. The third-order valence-corrected chi connectivity index (χ3v) is 6.52. The summed E-state index contributed by atoms with van der Waals surface area (Å²) in [6.45, 7) is 2.11. The molecule has 0 saturated carbocycles. The Morgan fingerprint density at radius 2 is 1.90 bits per heavy atom. The summed E-state index contributed by atoms with van der Waals surface area (Å²) in [6, 6.07) is 7.54. The normalized spacial score (nSPS) is 16.3. The standard InChI is InChI=1S/C20H19FN4O4S/c1-13-17(19(24-29-13)14-2-4-15(21)5-3-14)7-6-16-12-18(23-22-16)20(26)25-8-10-30(27,28)11-9-25/h2-7,12H,8-11H2,1H3,(H,22,23). The lowest BCUT2D eigenvalue weighted by molar-refractivity contribution is 0.0764. The Morgan fingerprint density at radius 3 is 2.60 bits per heavy atom. The Kier molecular flexibility index (Phi) is 5.25. The summed E-state index contributed by atoms with van der Waals surface area (Å²) in [6.07, 6.45) is 3.48. The van der Waals surface area contributed by atoms with Crippen molar-refractivity contribution in [3.05, 3.63) is 58.9 Å². The quantitative estimate of drug-likeness (QED) is 0.681. The lowest BCUT2D eigenvalue weighted by Crippen LogP contribution is -2.43. The van der Waals surface area contributed by atoms with Crippen LogP contribution in [0.5, 0.6) is 0 Å². The summed E-state index contributed by atoms with van der Waals surface area (Å²) >= 11 is 0. The van der Waals surface area contributed by atoms with Crippen LogP contribution < -0.4 is 0 Å². The van der Waals surface area contributed by atoms with Gasteiger partial charge in [0.2, 0.25) is 0 Å². The molecule has 1 amide bonds. The van der Waals surface area contributed by atoms with Gasteiger partial charge in [-0.1, -0.05) is 5.16 Å². The number of carbonyl (C=O) groups is 1. The van der Waals surface area contributed by atoms with Crippen molar-refractivity contribution in [2.45, 2.75) is 6.92 Å². The molecule has 0 aliphatic carbocycles. The molecule has 8 nitrogen and oxygen atoms in total. The van der Waals surface area contributed by atoms with Crippen molar-refractivity contribution in [2.75, 3.05) is 24.6 Å². The first-order chi connectivity index (χ1) is 14.3. The first-order valence-electron chi connectivity index (χ1n) is 9.28. The van der Waals surface area contributed by atoms with Crippen molar-refractivity contribution in [1.82, 2.24) is 20.3 Å². The van der Waals surface area contributed by atoms with Crippen LogP contribution in [0.15, 0.2) is 34.9 Å². The van der Waals surface area contributed by atoms with Crippen molar-refractivity contribution in [3.8, 4) is 11.3 Å². The van der Waals surface area contributed by atoms with Crippen LogP contribution in [0.1, 0.15) is 27.5 Å². The third-order valence-electron chi connectivity index (χ3n) is 4.91. The summed E-state index contributed by atoms with van der Waals surface area (Å²) in [4.78, 5) is 14.1. The molecule has 0 atom stereocenters. The summed E-state index contributed by atoms with van der Waals surface area (Å²) in [7, 11) is -3.06. The van der Waals surface area contributed by atoms with E-state index in [1.54, 1.807) is 37.3 Å². The zero-order chi connectivity index (χ0) is 21.3. The Balaban J connectivity index is 1.51. The fourth-order valence-electron chi connectivity index (χ4n) is 3.18. The summed E-state index contributed by atoms with van der Waals surface area (Å²) in [5, 5.41) is 10.9. The minimum Gasteiger partial charge on any atom is -0.360 e. The molecular weight excluding hydrogens is 411 g/mol. The van der Waals surface area contributed by atoms with Crippen LogP contribution in [0.25, 0.3) is 23.4 Å². The number of carbonyl (C=O) groups excluding carboxylic acids is 1. The number of sulfone groups is 1. The van der Waals surface area contributed by atoms with E-state index in [9.17, 15) is 17.6 Å². The lowest BCUT2D eigenvalue weighted by Gasteiger charge is -2.25. The average Bonchev–Trinajstić information content (AvgIpc) is 3.33. The van der Waals surface area contributed by atoms with Crippen LogP contribution >= 0.6 is 0 Å². The highest BCUT2D eigenvalue weighted by Gasteiger charge is 2.26. The van der Waals surface area contributed by atoms with Crippen molar-refractivity contribution in [1.29, 1.82) is 0 Å². The molecule has 1 aromatic carbocycles. The predicted molar refractivity (Wildman–Crippen MR) is 109 cm³/mol. The van der Waals surface area contributed by atoms with Gasteiger partial charge in [-0.15, -0.1) is 0 Å². The van der Waals surface area contributed by atoms with E-state index in [0.29, 0.717) is 22.7 Å². The van der Waals surface area contributed by atoms with E-state index in [4.69, 9.17) is 4.52 Å². The van der Waals surface area contributed by atoms with Gasteiger partial charge in [-0.2, -0.15) is 5.10 Å². The number of aromatic amines is 1. The third kappa shape index (κ3) is 4.18. The minimum absolute atomic E-state index is 0.0292. The van der Waals surface area contributed by atoms with Gasteiger partial charge in [0.25, 0.3) is 5.91 Å². The molecule has 10 heteroatoms. The van der Waals surface area contributed by atoms with Crippen LogP contribution in [0, 0.1) is 12.7 Å². The van der Waals surface area contributed by atoms with Crippen LogP contribution in [0.4, 0.5) is 4.39 Å². The van der Waals surface area contributed by atoms with Crippen LogP contribution in [0.3, 0.4) is 0 Å². The molecule has 4 rings (SSSR count). The smallest absolute Gasteiger partial charge is 0.271 e. The molecule has 0 bridgehead atoms. The second-order valence-electron chi connectivity index (χ2n) is 6.99. The maximum Gasteiger partial charge on any atom is 0.271 e. The first-order valence-corrected chi connectivity index (χ1v) is 11.1. The number of H-pyrrole nitrogens is 1. The molecular formula is C20H19FN4O4S. The number of rotatable bonds is 4. The maximum atomic E-state index is 13.2. The second kappa shape index (κ2) is 7.86. The van der Waals surface area contributed by atoms with E-state index < -0.39 is 9.84 Å². The Morgan fingerprint density at radius 1 is 1.20 bits per heavy atom. The van der Waals surface area contributed by atoms with Gasteiger partial charge in [-0.25, -0.2) is 12.8 Å². The molecule has 1 aliphatic heterocycles. The fraction of sp³-hybridized carbons (Fsp3) is 0.250. The number of halogens is 1. The average molecular weight is 430 g/mol. The van der Waals surface area contributed by atoms with Crippen molar-refractivity contribution < 1.29 is 22.1 Å². The van der Waals surface area contributed by atoms with Gasteiger partial charge in [0.15, 0.2) is 9.84 Å². The van der Waals surface area contributed by atoms with Gasteiger partial charge in [0.05, 0.1) is 17.2 Å². The SMILES string of the molecule is Cc1onc(-c2ccc(F)cc2)c1C=Cc1cc(C(=O)N2CCS(=O)(=O)CC2)[nH]n1. The first kappa shape index (κ1) is 20.0. The Labute approximate surface area is 172 Å². The number of amides is 1. The molecule has 30 heavy (non-hydrogen) atoms. The molecule has 156 valence electrons. The number of hydrogen-bond donors (Lipinski definition) is 1. The van der Waals surface area contributed by atoms with Gasteiger partial charge in [0, 0.05) is 24.2 Å². The lowest BCUT2D eigenvalue weighted by atomic mass is 10.1. The fourth-order valence-corrected chi connectivity index (χ4v) is 4.38. The minimum atomic E-state index is -3.06. The molecule has 0 spiro atoms. The van der Waals surface area contributed by atoms with Gasteiger partial charge in [0.1, 0.15) is 23.0 Å². The van der Waals surface area contributed by atoms with E-state index >= 15 is 0 Å². The van der Waals surface area contributed by atoms with Crippen molar-refractivity contribution >= 4 is 27.9 Å². The number of aromatic nitrogens is 3. The molecule has 3 aromatic rings. The number of nitrogens with one attached hydrogen (secondary N) is 1. The van der Waals surface area contributed by atoms with Crippen molar-refractivity contribution in [3.63, 3.8) is 0 Å². The second-order valence-corrected chi connectivity index (χ2v) is 9.30. The molecule has 1 saturated heterocycles. The van der Waals surface area contributed by atoms with Gasteiger partial charge in [-0.05, 0) is 49.4 Å². The topological polar surface area (TPSA) is 109 Å². The zero-order valence-corrected chi connectivity index (χ0v) is 16.9. The van der Waals surface area contributed by atoms with E-state index in [2.05, 4.69) is 15.4 Å². The van der Waals surface area contributed by atoms with Crippen LogP contribution in [-0.2, 0) is 9.84 Å². The van der Waals surface area contributed by atoms with E-state index in [1.165, 1.54) is 17.0 Å². The van der Waals surface area contributed by atoms with E-state index in [1.807, 2.05) is 0 Å². The predicted octanol–water partition coefficient (Wildman–Crippen LogP) is 2.55. The largest absolute Gasteiger partial charge is 0.360 e. The van der Waals surface area contributed by atoms with Crippen LogP contribution in [0.2, 0.25) is 0 Å². The van der Waals surface area contributed by atoms with E-state index in [-0.39, 0.29) is 42.0 Å². The number of benzene rings is 1. The maximum absolute atomic E-state index is 13.2. The molecule has 3 heterocycles. The molecule has 2 aromatic heterocycles. The number of nitrogens with zero attached hydrogens (tertiary/aromatic N) is 3. The number of hydrogen-bond acceptors (Lipinski definition) is 6. The van der Waals surface area contributed by atoms with E-state index in [0.717, 1.165) is 5.56 Å². The molecule has 0 radical (unpaired) electrons. The van der Waals surface area contributed by atoms with Gasteiger partial charge >= 0.3 is 0 Å². The highest BCUT2D eigenvalue weighted by Crippen LogP contribution is 2.27. The van der Waals surface area contributed by atoms with Crippen LogP contribution in [-0.4, -0.2) is 59.2 Å².